The van der Waals surface area contributed by atoms with Crippen LogP contribution in [0.5, 0.6) is 0 Å². The number of aryl methyl sites for hydroxylation is 1. The first kappa shape index (κ1) is 53.7. The fourth-order valence-corrected chi connectivity index (χ4v) is 16.2. The summed E-state index contributed by atoms with van der Waals surface area (Å²) in [6, 6.07) is 58.1. The molecule has 3 heterocycles. The van der Waals surface area contributed by atoms with E-state index < -0.39 is 0 Å². The summed E-state index contributed by atoms with van der Waals surface area (Å²) in [7, 11) is 0. The zero-order chi connectivity index (χ0) is 57.5. The van der Waals surface area contributed by atoms with Crippen LogP contribution < -0.4 is 31.1 Å². The fourth-order valence-electron chi connectivity index (χ4n) is 15.1. The second kappa shape index (κ2) is 17.7. The first-order valence-electron chi connectivity index (χ1n) is 30.1. The summed E-state index contributed by atoms with van der Waals surface area (Å²) in [6.07, 6.45) is 3.45. The highest BCUT2D eigenvalue weighted by molar-refractivity contribution is 7.26. The fraction of sp³-hybridized carbons (Fsp3) is 0.368. The van der Waals surface area contributed by atoms with E-state index in [1.807, 2.05) is 11.3 Å². The van der Waals surface area contributed by atoms with E-state index in [0.717, 1.165) is 29.9 Å². The topological polar surface area (TPSA) is 9.72 Å². The molecular formula is C76H84BN3S. The van der Waals surface area contributed by atoms with Gasteiger partial charge in [-0.05, 0) is 204 Å². The number of thiophene rings is 1. The summed E-state index contributed by atoms with van der Waals surface area (Å²) in [5, 5.41) is 2.61. The highest BCUT2D eigenvalue weighted by Crippen LogP contribution is 2.56. The molecule has 1 aromatic heterocycles. The van der Waals surface area contributed by atoms with Crippen molar-refractivity contribution in [2.45, 2.75) is 182 Å². The van der Waals surface area contributed by atoms with Crippen LogP contribution in [0, 0.1) is 6.92 Å². The summed E-state index contributed by atoms with van der Waals surface area (Å²) in [6.45, 7) is 43.3. The third-order valence-electron chi connectivity index (χ3n) is 19.7. The Hall–Kier alpha value is -6.56. The molecule has 9 aromatic rings. The predicted molar refractivity (Wildman–Crippen MR) is 355 cm³/mol. The number of hydrogen-bond donors (Lipinski definition) is 0. The largest absolute Gasteiger partial charge is 0.311 e. The van der Waals surface area contributed by atoms with E-state index in [1.54, 1.807) is 0 Å². The van der Waals surface area contributed by atoms with E-state index in [0.29, 0.717) is 0 Å². The number of nitrogens with zero attached hydrogens (tertiary/aromatic N) is 3. The zero-order valence-electron chi connectivity index (χ0n) is 51.8. The van der Waals surface area contributed by atoms with Crippen molar-refractivity contribution in [3.05, 3.63) is 190 Å². The number of hydrogen-bond acceptors (Lipinski definition) is 4. The quantitative estimate of drug-likeness (QED) is 0.159. The summed E-state index contributed by atoms with van der Waals surface area (Å²) in [5.41, 5.74) is 26.5. The minimum atomic E-state index is -0.169. The van der Waals surface area contributed by atoms with E-state index >= 15 is 0 Å². The molecule has 8 aromatic carbocycles. The van der Waals surface area contributed by atoms with Crippen molar-refractivity contribution in [3.8, 4) is 0 Å². The van der Waals surface area contributed by atoms with Gasteiger partial charge < -0.3 is 14.7 Å². The van der Waals surface area contributed by atoms with E-state index in [4.69, 9.17) is 0 Å². The minimum absolute atomic E-state index is 0.00382. The Bertz CT molecular complexity index is 3990. The second-order valence-corrected chi connectivity index (χ2v) is 31.6. The molecule has 412 valence electrons. The van der Waals surface area contributed by atoms with Gasteiger partial charge in [-0.25, -0.2) is 0 Å². The molecular weight excluding hydrogens is 998 g/mol. The highest BCUT2D eigenvalue weighted by atomic mass is 32.1. The summed E-state index contributed by atoms with van der Waals surface area (Å²) in [5.74, 6) is 0. The summed E-state index contributed by atoms with van der Waals surface area (Å²) in [4.78, 5) is 7.97. The van der Waals surface area contributed by atoms with Gasteiger partial charge in [0.2, 0.25) is 0 Å². The molecule has 81 heavy (non-hydrogen) atoms. The number of benzene rings is 8. The lowest BCUT2D eigenvalue weighted by atomic mass is 9.33. The van der Waals surface area contributed by atoms with Crippen LogP contribution in [0.4, 0.5) is 51.2 Å². The van der Waals surface area contributed by atoms with Gasteiger partial charge in [0, 0.05) is 65.7 Å². The molecule has 0 radical (unpaired) electrons. The first-order chi connectivity index (χ1) is 37.9. The zero-order valence-corrected chi connectivity index (χ0v) is 52.6. The molecule has 0 amide bonds. The Morgan fingerprint density at radius 3 is 1.48 bits per heavy atom. The van der Waals surface area contributed by atoms with Gasteiger partial charge in [0.15, 0.2) is 0 Å². The van der Waals surface area contributed by atoms with Crippen molar-refractivity contribution in [1.29, 1.82) is 0 Å². The van der Waals surface area contributed by atoms with Crippen LogP contribution in [0.25, 0.3) is 20.2 Å². The van der Waals surface area contributed by atoms with Crippen molar-refractivity contribution in [3.63, 3.8) is 0 Å². The van der Waals surface area contributed by atoms with Gasteiger partial charge in [0.25, 0.3) is 6.71 Å². The van der Waals surface area contributed by atoms with Gasteiger partial charge >= 0.3 is 0 Å². The van der Waals surface area contributed by atoms with Crippen LogP contribution in [0.1, 0.15) is 181 Å². The molecule has 0 N–H and O–H groups in total. The molecule has 2 aliphatic heterocycles. The van der Waals surface area contributed by atoms with E-state index in [-0.39, 0.29) is 44.6 Å². The molecule has 0 spiro atoms. The molecule has 0 saturated carbocycles. The molecule has 0 atom stereocenters. The third-order valence-corrected chi connectivity index (χ3v) is 20.8. The molecule has 0 unspecified atom stereocenters. The Morgan fingerprint density at radius 1 is 0.420 bits per heavy atom. The van der Waals surface area contributed by atoms with Crippen molar-refractivity contribution in [2.75, 3.05) is 14.7 Å². The lowest BCUT2D eigenvalue weighted by Gasteiger charge is -2.47. The average molecular weight is 1080 g/mol. The second-order valence-electron chi connectivity index (χ2n) is 30.6. The Morgan fingerprint density at radius 2 is 0.901 bits per heavy atom. The lowest BCUT2D eigenvalue weighted by Crippen LogP contribution is -2.61. The Kier molecular flexibility index (Phi) is 11.8. The maximum Gasteiger partial charge on any atom is 0.252 e. The van der Waals surface area contributed by atoms with Crippen molar-refractivity contribution >= 4 is 106 Å². The van der Waals surface area contributed by atoms with Gasteiger partial charge in [-0.1, -0.05) is 184 Å². The van der Waals surface area contributed by atoms with E-state index in [9.17, 15) is 0 Å². The van der Waals surface area contributed by atoms with Gasteiger partial charge in [-0.2, -0.15) is 0 Å². The Balaban J connectivity index is 1.16. The van der Waals surface area contributed by atoms with Gasteiger partial charge in [0.1, 0.15) is 0 Å². The predicted octanol–water partition coefficient (Wildman–Crippen LogP) is 20.1. The lowest BCUT2D eigenvalue weighted by molar-refractivity contribution is 0.332. The molecule has 0 saturated heterocycles. The molecule has 4 aliphatic rings. The molecule has 0 bridgehead atoms. The SMILES string of the molecule is Cc1cc2c(cc1N1c3cc4c(cc3B3c5ccc(N(c6ccc(C(C)(C)C)cc6)c6ccc(C(C)(C)C)cc6)cc5N(c5cccc6sc7ccccc7c56)c5cc(C(C)(C)C)cc1c53)C(C)(C)CC4(C)C)C(C)(C)CCC2(C)C. The van der Waals surface area contributed by atoms with Crippen molar-refractivity contribution in [2.24, 2.45) is 0 Å². The highest BCUT2D eigenvalue weighted by Gasteiger charge is 2.49. The van der Waals surface area contributed by atoms with Crippen LogP contribution in [0.15, 0.2) is 146 Å². The molecule has 0 fully saturated rings. The maximum atomic E-state index is 2.76. The van der Waals surface area contributed by atoms with Crippen molar-refractivity contribution < 1.29 is 0 Å². The summed E-state index contributed by atoms with van der Waals surface area (Å²) >= 11 is 1.91. The number of rotatable bonds is 5. The van der Waals surface area contributed by atoms with Gasteiger partial charge in [-0.3, -0.25) is 0 Å². The monoisotopic (exact) mass is 1080 g/mol. The van der Waals surface area contributed by atoms with Gasteiger partial charge in [-0.15, -0.1) is 11.3 Å². The minimum Gasteiger partial charge on any atom is -0.311 e. The third kappa shape index (κ3) is 8.47. The maximum absolute atomic E-state index is 2.76. The molecule has 13 rings (SSSR count). The number of fused-ring (bicyclic) bond motifs is 9. The summed E-state index contributed by atoms with van der Waals surface area (Å²) < 4.78 is 2.61. The van der Waals surface area contributed by atoms with Crippen LogP contribution in [0.2, 0.25) is 0 Å². The van der Waals surface area contributed by atoms with Crippen molar-refractivity contribution in [1.82, 2.24) is 0 Å². The average Bonchev–Trinajstić information content (AvgIpc) is 3.92. The van der Waals surface area contributed by atoms with E-state index in [1.165, 1.54) is 122 Å². The van der Waals surface area contributed by atoms with Crippen LogP contribution in [-0.4, -0.2) is 6.71 Å². The Labute approximate surface area is 489 Å². The number of anilines is 9. The molecule has 2 aliphatic carbocycles. The molecule has 5 heteroatoms. The van der Waals surface area contributed by atoms with E-state index in [2.05, 4.69) is 285 Å². The standard InChI is InChI=1S/C76H84BN3S/c1-46-38-54-56(74(13,14)37-36-73(54,11)12)43-61(46)80-63-44-57-55(75(15,16)45-76(57,17)18)42-59(63)77-58-35-34-52(78(50-30-26-47(27-31-50)70(2,3)4)51-32-28-48(29-33-51)71(5,6)7)41-62(58)79(64-39-49(72(8,9)10)40-65(80)69(64)77)60-23-21-25-67-68(60)53-22-19-20-24-66(53)81-67/h19-35,38-44H,36-37,45H2,1-18H3. The normalized spacial score (nSPS) is 17.4. The van der Waals surface area contributed by atoms with Crippen LogP contribution in [0.3, 0.4) is 0 Å². The van der Waals surface area contributed by atoms with Gasteiger partial charge in [0.05, 0.1) is 5.69 Å². The van der Waals surface area contributed by atoms with Crippen LogP contribution in [-0.2, 0) is 37.9 Å². The molecule has 3 nitrogen and oxygen atoms in total. The smallest absolute Gasteiger partial charge is 0.252 e. The van der Waals surface area contributed by atoms with Crippen LogP contribution >= 0.6 is 11.3 Å². The first-order valence-corrected chi connectivity index (χ1v) is 30.9.